The number of nitriles is 1. The van der Waals surface area contributed by atoms with E-state index in [-0.39, 0.29) is 5.78 Å². The Morgan fingerprint density at radius 2 is 1.94 bits per heavy atom. The van der Waals surface area contributed by atoms with E-state index in [2.05, 4.69) is 21.8 Å². The lowest BCUT2D eigenvalue weighted by molar-refractivity contribution is -0.0200. The Morgan fingerprint density at radius 1 is 1.15 bits per heavy atom. The van der Waals surface area contributed by atoms with Crippen molar-refractivity contribution in [1.82, 2.24) is 4.90 Å². The van der Waals surface area contributed by atoms with Gasteiger partial charge in [0, 0.05) is 37.7 Å². The molecule has 1 atom stereocenters. The molecule has 1 aliphatic carbocycles. The predicted octanol–water partition coefficient (Wildman–Crippen LogP) is 3.29. The highest BCUT2D eigenvalue weighted by Gasteiger charge is 2.44. The minimum atomic E-state index is -3.41. The lowest BCUT2D eigenvalue weighted by atomic mass is 9.80. The molecule has 5 rings (SSSR count). The van der Waals surface area contributed by atoms with Crippen molar-refractivity contribution in [3.8, 4) is 11.8 Å². The first-order valence-electron chi connectivity index (χ1n) is 11.3. The fourth-order valence-corrected chi connectivity index (χ4v) is 6.02. The van der Waals surface area contributed by atoms with Gasteiger partial charge in [-0.3, -0.25) is 14.4 Å². The highest BCUT2D eigenvalue weighted by molar-refractivity contribution is 7.92. The van der Waals surface area contributed by atoms with Gasteiger partial charge < -0.3 is 4.74 Å². The summed E-state index contributed by atoms with van der Waals surface area (Å²) in [6.07, 6.45) is 6.04. The van der Waals surface area contributed by atoms with Gasteiger partial charge in [-0.2, -0.15) is 5.26 Å². The van der Waals surface area contributed by atoms with Gasteiger partial charge in [-0.25, -0.2) is 8.42 Å². The molecule has 0 saturated carbocycles. The molecule has 1 fully saturated rings. The van der Waals surface area contributed by atoms with Gasteiger partial charge in [-0.15, -0.1) is 0 Å². The summed E-state index contributed by atoms with van der Waals surface area (Å²) in [4.78, 5) is 15.5. The van der Waals surface area contributed by atoms with Crippen molar-refractivity contribution in [1.29, 1.82) is 5.26 Å². The molecule has 0 aromatic heterocycles. The van der Waals surface area contributed by atoms with Crippen LogP contribution in [0.4, 0.5) is 5.69 Å². The number of ether oxygens (including phenoxy) is 1. The fourth-order valence-electron chi connectivity index (χ4n) is 5.46. The summed E-state index contributed by atoms with van der Waals surface area (Å²) in [5.41, 5.74) is 3.69. The summed E-state index contributed by atoms with van der Waals surface area (Å²) in [7, 11) is -3.41. The number of nitrogens with zero attached hydrogens (tertiary/aromatic N) is 2. The predicted molar refractivity (Wildman–Crippen MR) is 125 cm³/mol. The molecule has 172 valence electrons. The summed E-state index contributed by atoms with van der Waals surface area (Å²) < 4.78 is 31.8. The van der Waals surface area contributed by atoms with Crippen molar-refractivity contribution in [2.75, 3.05) is 24.1 Å². The molecule has 0 bridgehead atoms. The zero-order valence-electron chi connectivity index (χ0n) is 18.6. The van der Waals surface area contributed by atoms with Crippen LogP contribution in [0.1, 0.15) is 52.7 Å². The van der Waals surface area contributed by atoms with Gasteiger partial charge >= 0.3 is 0 Å². The van der Waals surface area contributed by atoms with Crippen LogP contribution < -0.4 is 9.46 Å². The second-order valence-corrected chi connectivity index (χ2v) is 11.2. The number of nitrogens with one attached hydrogen (secondary N) is 1. The number of anilines is 1. The van der Waals surface area contributed by atoms with Crippen LogP contribution in [-0.4, -0.2) is 50.1 Å². The molecule has 2 aromatic carbocycles. The Labute approximate surface area is 194 Å². The number of sulfonamides is 1. The minimum absolute atomic E-state index is 0.00161. The minimum Gasteiger partial charge on any atom is -0.486 e. The molecule has 0 amide bonds. The van der Waals surface area contributed by atoms with Gasteiger partial charge in [0.25, 0.3) is 0 Å². The van der Waals surface area contributed by atoms with Gasteiger partial charge in [-0.05, 0) is 60.7 Å². The Bertz CT molecular complexity index is 1260. The summed E-state index contributed by atoms with van der Waals surface area (Å²) in [6, 6.07) is 13.6. The quantitative estimate of drug-likeness (QED) is 0.747. The second kappa shape index (κ2) is 8.15. The molecule has 8 heteroatoms. The highest BCUT2D eigenvalue weighted by atomic mass is 32.2. The molecular formula is C25H27N3O4S. The van der Waals surface area contributed by atoms with E-state index in [0.717, 1.165) is 57.0 Å². The van der Waals surface area contributed by atoms with Crippen LogP contribution in [0.2, 0.25) is 0 Å². The maximum Gasteiger partial charge on any atom is 0.229 e. The zero-order valence-corrected chi connectivity index (χ0v) is 19.5. The third-order valence-electron chi connectivity index (χ3n) is 7.16. The molecule has 3 aliphatic rings. The van der Waals surface area contributed by atoms with Gasteiger partial charge in [0.05, 0.1) is 29.9 Å². The SMILES string of the molecule is CS(=O)(=O)Nc1ccc2c(c1)C(=O)CC1(CCN([C@H]3CCc4cc(C#N)ccc4C3)CC1)O2. The molecule has 0 radical (unpaired) electrons. The summed E-state index contributed by atoms with van der Waals surface area (Å²) in [6.45, 7) is 1.76. The van der Waals surface area contributed by atoms with E-state index in [1.165, 1.54) is 11.1 Å². The van der Waals surface area contributed by atoms with Crippen LogP contribution in [0.5, 0.6) is 5.75 Å². The molecule has 1 saturated heterocycles. The molecular weight excluding hydrogens is 438 g/mol. The Kier molecular flexibility index (Phi) is 5.42. The average molecular weight is 466 g/mol. The number of Topliss-reactive ketones (excluding diaryl/α,β-unsaturated/α-hetero) is 1. The Hall–Kier alpha value is -2.89. The number of likely N-dealkylation sites (tertiary alicyclic amines) is 1. The van der Waals surface area contributed by atoms with Gasteiger partial charge in [0.2, 0.25) is 10.0 Å². The highest BCUT2D eigenvalue weighted by Crippen LogP contribution is 2.41. The molecule has 2 aliphatic heterocycles. The number of hydrogen-bond donors (Lipinski definition) is 1. The third-order valence-corrected chi connectivity index (χ3v) is 7.76. The molecule has 0 unspecified atom stereocenters. The average Bonchev–Trinajstić information content (AvgIpc) is 2.78. The van der Waals surface area contributed by atoms with Crippen molar-refractivity contribution < 1.29 is 17.9 Å². The fraction of sp³-hybridized carbons (Fsp3) is 0.440. The van der Waals surface area contributed by atoms with E-state index >= 15 is 0 Å². The number of fused-ring (bicyclic) bond motifs is 2. The number of piperidine rings is 1. The van der Waals surface area contributed by atoms with Crippen LogP contribution >= 0.6 is 0 Å². The summed E-state index contributed by atoms with van der Waals surface area (Å²) >= 11 is 0. The molecule has 1 spiro atoms. The maximum absolute atomic E-state index is 13.0. The number of carbonyl (C=O) groups excluding carboxylic acids is 1. The normalized spacial score (nSPS) is 22.1. The van der Waals surface area contributed by atoms with Crippen LogP contribution in [0.25, 0.3) is 0 Å². The van der Waals surface area contributed by atoms with E-state index in [4.69, 9.17) is 10.00 Å². The van der Waals surface area contributed by atoms with E-state index in [1.807, 2.05) is 12.1 Å². The Balaban J connectivity index is 1.25. The number of benzene rings is 2. The van der Waals surface area contributed by atoms with Gasteiger partial charge in [0.1, 0.15) is 11.4 Å². The summed E-state index contributed by atoms with van der Waals surface area (Å²) in [5.74, 6) is 0.542. The van der Waals surface area contributed by atoms with E-state index in [0.29, 0.717) is 29.5 Å². The molecule has 1 N–H and O–H groups in total. The standard InChI is InChI=1S/C25H27N3O4S/c1-33(30,31)27-20-5-7-24-22(14-20)23(29)15-25(32-24)8-10-28(11-9-25)21-6-4-18-12-17(16-26)2-3-19(18)13-21/h2-3,5,7,12,14,21,27H,4,6,8-11,13,15H2,1H3/t21-/m0/s1. The van der Waals surface area contributed by atoms with Gasteiger partial charge in [-0.1, -0.05) is 6.07 Å². The first kappa shape index (κ1) is 21.9. The maximum atomic E-state index is 13.0. The number of carbonyl (C=O) groups is 1. The van der Waals surface area contributed by atoms with Gasteiger partial charge in [0.15, 0.2) is 5.78 Å². The summed E-state index contributed by atoms with van der Waals surface area (Å²) in [5, 5.41) is 9.13. The molecule has 2 aromatic rings. The van der Waals surface area contributed by atoms with Crippen molar-refractivity contribution in [2.24, 2.45) is 0 Å². The molecule has 33 heavy (non-hydrogen) atoms. The molecule has 2 heterocycles. The second-order valence-electron chi connectivity index (χ2n) is 9.50. The van der Waals surface area contributed by atoms with Crippen LogP contribution in [-0.2, 0) is 22.9 Å². The van der Waals surface area contributed by atoms with E-state index in [9.17, 15) is 13.2 Å². The lowest BCUT2D eigenvalue weighted by Gasteiger charge is -2.46. The number of aryl methyl sites for hydroxylation is 1. The van der Waals surface area contributed by atoms with Crippen molar-refractivity contribution in [3.63, 3.8) is 0 Å². The van der Waals surface area contributed by atoms with Crippen molar-refractivity contribution in [3.05, 3.63) is 58.7 Å². The van der Waals surface area contributed by atoms with Crippen LogP contribution in [0.15, 0.2) is 36.4 Å². The first-order valence-corrected chi connectivity index (χ1v) is 13.2. The third kappa shape index (κ3) is 4.48. The van der Waals surface area contributed by atoms with Crippen LogP contribution in [0, 0.1) is 11.3 Å². The number of ketones is 1. The van der Waals surface area contributed by atoms with Crippen LogP contribution in [0.3, 0.4) is 0 Å². The monoisotopic (exact) mass is 465 g/mol. The number of hydrogen-bond acceptors (Lipinski definition) is 6. The zero-order chi connectivity index (χ0) is 23.2. The lowest BCUT2D eigenvalue weighted by Crippen LogP contribution is -2.54. The van der Waals surface area contributed by atoms with E-state index < -0.39 is 15.6 Å². The number of rotatable bonds is 3. The topological polar surface area (TPSA) is 99.5 Å². The van der Waals surface area contributed by atoms with E-state index in [1.54, 1.807) is 18.2 Å². The largest absolute Gasteiger partial charge is 0.486 e. The Morgan fingerprint density at radius 3 is 2.67 bits per heavy atom. The van der Waals surface area contributed by atoms with Crippen molar-refractivity contribution >= 4 is 21.5 Å². The smallest absolute Gasteiger partial charge is 0.229 e. The first-order chi connectivity index (χ1) is 15.7. The molecule has 7 nitrogen and oxygen atoms in total. The van der Waals surface area contributed by atoms with Crippen molar-refractivity contribution in [2.45, 2.75) is 50.2 Å².